The normalized spacial score (nSPS) is 30.9. The highest BCUT2D eigenvalue weighted by atomic mass is 16.8. The van der Waals surface area contributed by atoms with Crippen LogP contribution in [0.3, 0.4) is 0 Å². The van der Waals surface area contributed by atoms with Crippen molar-refractivity contribution in [2.75, 3.05) is 0 Å². The van der Waals surface area contributed by atoms with Gasteiger partial charge in [-0.05, 0) is 19.4 Å². The topological polar surface area (TPSA) is 168 Å². The van der Waals surface area contributed by atoms with Gasteiger partial charge in [-0.3, -0.25) is 24.0 Å². The first kappa shape index (κ1) is 33.9. The molecule has 2 heterocycles. The molecule has 14 nitrogen and oxygen atoms in total. The summed E-state index contributed by atoms with van der Waals surface area (Å²) in [4.78, 5) is 59.9. The van der Waals surface area contributed by atoms with E-state index in [1.807, 2.05) is 30.3 Å². The Labute approximate surface area is 249 Å². The van der Waals surface area contributed by atoms with Crippen LogP contribution in [0.1, 0.15) is 54.0 Å². The van der Waals surface area contributed by atoms with Crippen LogP contribution in [0.5, 0.6) is 0 Å². The minimum atomic E-state index is -1.45. The molecule has 3 rings (SSSR count). The maximum absolute atomic E-state index is 12.2. The van der Waals surface area contributed by atoms with Crippen molar-refractivity contribution in [1.29, 1.82) is 0 Å². The second-order valence-electron chi connectivity index (χ2n) is 10.2. The minimum Gasteiger partial charge on any atom is -0.460 e. The highest BCUT2D eigenvalue weighted by Crippen LogP contribution is 2.36. The molecule has 14 heteroatoms. The Hall–Kier alpha value is -3.59. The van der Waals surface area contributed by atoms with E-state index in [-0.39, 0.29) is 6.61 Å². The fourth-order valence-corrected chi connectivity index (χ4v) is 4.95. The van der Waals surface area contributed by atoms with Crippen LogP contribution in [-0.2, 0) is 73.2 Å². The molecule has 0 unspecified atom stereocenters. The molecule has 0 saturated carbocycles. The van der Waals surface area contributed by atoms with Crippen molar-refractivity contribution in [2.45, 2.75) is 116 Å². The summed E-state index contributed by atoms with van der Waals surface area (Å²) in [6.07, 6.45) is -11.8. The monoisotopic (exact) mass is 610 g/mol. The van der Waals surface area contributed by atoms with Gasteiger partial charge in [-0.1, -0.05) is 30.3 Å². The van der Waals surface area contributed by atoms with Crippen molar-refractivity contribution in [3.63, 3.8) is 0 Å². The van der Waals surface area contributed by atoms with E-state index < -0.39 is 91.3 Å². The van der Waals surface area contributed by atoms with Gasteiger partial charge in [-0.15, -0.1) is 0 Å². The summed E-state index contributed by atoms with van der Waals surface area (Å²) in [7, 11) is 0. The lowest BCUT2D eigenvalue weighted by molar-refractivity contribution is -0.324. The van der Waals surface area contributed by atoms with E-state index >= 15 is 0 Å². The van der Waals surface area contributed by atoms with Crippen LogP contribution >= 0.6 is 0 Å². The largest absolute Gasteiger partial charge is 0.460 e. The smallest absolute Gasteiger partial charge is 0.305 e. The molecule has 0 N–H and O–H groups in total. The number of benzene rings is 1. The fraction of sp³-hybridized carbons (Fsp3) is 0.621. The molecule has 2 aliphatic heterocycles. The highest BCUT2D eigenvalue weighted by Gasteiger charge is 2.56. The molecule has 1 aromatic rings. The van der Waals surface area contributed by atoms with E-state index in [4.69, 9.17) is 42.6 Å². The number of hydrogen-bond donors (Lipinski definition) is 0. The number of rotatable bonds is 11. The molecule has 0 aromatic heterocycles. The van der Waals surface area contributed by atoms with E-state index in [0.717, 1.165) is 19.4 Å². The molecule has 2 aliphatic rings. The summed E-state index contributed by atoms with van der Waals surface area (Å²) < 4.78 is 51.6. The molecular formula is C29H38O14. The van der Waals surface area contributed by atoms with Crippen LogP contribution in [0, 0.1) is 0 Å². The van der Waals surface area contributed by atoms with Gasteiger partial charge in [0.15, 0.2) is 30.7 Å². The van der Waals surface area contributed by atoms with Crippen molar-refractivity contribution in [2.24, 2.45) is 0 Å². The molecule has 1 aromatic carbocycles. The first-order valence-corrected chi connectivity index (χ1v) is 13.7. The Morgan fingerprint density at radius 2 is 1.23 bits per heavy atom. The van der Waals surface area contributed by atoms with Crippen LogP contribution in [0.2, 0.25) is 0 Å². The lowest BCUT2D eigenvalue weighted by Crippen LogP contribution is -2.62. The SMILES string of the molecule is CC(=O)O[C@@H]1O[C@@H]([C@H](C)OC(C)=O)[C@@H](OCc2ccccc2)[C@H]1O[C@@H]1O[C@@H](C)[C@@H](OC(C)=O)[C@@H](OC(C)=O)[C@H]1OC(C)=O. The van der Waals surface area contributed by atoms with E-state index in [2.05, 4.69) is 0 Å². The molecular weight excluding hydrogens is 572 g/mol. The number of carbonyl (C=O) groups is 5. The number of esters is 5. The Kier molecular flexibility index (Phi) is 12.0. The zero-order valence-electron chi connectivity index (χ0n) is 25.1. The third-order valence-corrected chi connectivity index (χ3v) is 6.51. The third-order valence-electron chi connectivity index (χ3n) is 6.51. The molecule has 0 bridgehead atoms. The lowest BCUT2D eigenvalue weighted by Gasteiger charge is -2.44. The van der Waals surface area contributed by atoms with Gasteiger partial charge >= 0.3 is 29.8 Å². The standard InChI is InChI=1S/C29H38O14/c1-14(36-16(3)30)22-24(35-13-21-11-9-8-10-12-21)26(29(42-22)41-20(7)34)43-28-27(40-19(6)33)25(39-18(5)32)23(15(2)37-28)38-17(4)31/h8-12,14-15,22-29H,13H2,1-7H3/t14-,15-,22-,23+,24+,25+,26+,27+,28-,29+/m0/s1. The minimum absolute atomic E-state index is 0.0741. The van der Waals surface area contributed by atoms with E-state index in [1.54, 1.807) is 13.8 Å². The van der Waals surface area contributed by atoms with E-state index in [1.165, 1.54) is 20.8 Å². The van der Waals surface area contributed by atoms with Gasteiger partial charge in [-0.25, -0.2) is 0 Å². The first-order chi connectivity index (χ1) is 20.3. The Morgan fingerprint density at radius 1 is 0.674 bits per heavy atom. The predicted molar refractivity (Wildman–Crippen MR) is 143 cm³/mol. The first-order valence-electron chi connectivity index (χ1n) is 13.7. The summed E-state index contributed by atoms with van der Waals surface area (Å²) in [5, 5.41) is 0. The van der Waals surface area contributed by atoms with Gasteiger partial charge in [0.05, 0.1) is 12.7 Å². The third kappa shape index (κ3) is 9.45. The average molecular weight is 611 g/mol. The van der Waals surface area contributed by atoms with Crippen molar-refractivity contribution in [3.05, 3.63) is 35.9 Å². The summed E-state index contributed by atoms with van der Waals surface area (Å²) in [6.45, 7) is 9.05. The molecule has 2 saturated heterocycles. The van der Waals surface area contributed by atoms with Gasteiger partial charge < -0.3 is 42.6 Å². The molecule has 0 spiro atoms. The summed E-state index contributed by atoms with van der Waals surface area (Å²) in [5.41, 5.74) is 0.801. The van der Waals surface area contributed by atoms with E-state index in [9.17, 15) is 24.0 Å². The molecule has 0 aliphatic carbocycles. The zero-order valence-corrected chi connectivity index (χ0v) is 25.1. The van der Waals surface area contributed by atoms with Crippen LogP contribution in [0.25, 0.3) is 0 Å². The van der Waals surface area contributed by atoms with Crippen LogP contribution < -0.4 is 0 Å². The molecule has 0 radical (unpaired) electrons. The van der Waals surface area contributed by atoms with Crippen LogP contribution in [-0.4, -0.2) is 91.3 Å². The second kappa shape index (κ2) is 15.2. The van der Waals surface area contributed by atoms with Crippen molar-refractivity contribution < 1.29 is 66.6 Å². The number of hydrogen-bond acceptors (Lipinski definition) is 14. The van der Waals surface area contributed by atoms with Crippen molar-refractivity contribution in [3.8, 4) is 0 Å². The van der Waals surface area contributed by atoms with Crippen molar-refractivity contribution >= 4 is 29.8 Å². The maximum Gasteiger partial charge on any atom is 0.305 e. The van der Waals surface area contributed by atoms with E-state index in [0.29, 0.717) is 0 Å². The second-order valence-corrected chi connectivity index (χ2v) is 10.2. The molecule has 10 atom stereocenters. The van der Waals surface area contributed by atoms with Crippen molar-refractivity contribution in [1.82, 2.24) is 0 Å². The molecule has 2 fully saturated rings. The fourth-order valence-electron chi connectivity index (χ4n) is 4.95. The summed E-state index contributed by atoms with van der Waals surface area (Å²) in [5.74, 6) is -3.48. The van der Waals surface area contributed by atoms with Crippen LogP contribution in [0.4, 0.5) is 0 Å². The molecule has 238 valence electrons. The zero-order chi connectivity index (χ0) is 31.8. The number of ether oxygens (including phenoxy) is 9. The summed E-state index contributed by atoms with van der Waals surface area (Å²) >= 11 is 0. The Morgan fingerprint density at radius 3 is 1.79 bits per heavy atom. The predicted octanol–water partition coefficient (Wildman–Crippen LogP) is 1.74. The molecule has 0 amide bonds. The van der Waals surface area contributed by atoms with Crippen LogP contribution in [0.15, 0.2) is 30.3 Å². The maximum atomic E-state index is 12.2. The number of carbonyl (C=O) groups excluding carboxylic acids is 5. The quantitative estimate of drug-likeness (QED) is 0.262. The Bertz CT molecular complexity index is 1140. The van der Waals surface area contributed by atoms with Gasteiger partial charge in [0, 0.05) is 34.6 Å². The highest BCUT2D eigenvalue weighted by molar-refractivity contribution is 5.68. The lowest BCUT2D eigenvalue weighted by atomic mass is 9.98. The summed E-state index contributed by atoms with van der Waals surface area (Å²) in [6, 6.07) is 9.17. The molecule has 43 heavy (non-hydrogen) atoms. The van der Waals surface area contributed by atoms with Gasteiger partial charge in [-0.2, -0.15) is 0 Å². The van der Waals surface area contributed by atoms with Gasteiger partial charge in [0.2, 0.25) is 6.29 Å². The van der Waals surface area contributed by atoms with Gasteiger partial charge in [0.1, 0.15) is 18.3 Å². The Balaban J connectivity index is 2.01. The average Bonchev–Trinajstić information content (AvgIpc) is 3.22. The van der Waals surface area contributed by atoms with Gasteiger partial charge in [0.25, 0.3) is 0 Å².